The first-order valence-electron chi connectivity index (χ1n) is 9.87. The number of phenolic OH excluding ortho intramolecular Hbond substituents is 1. The van der Waals surface area contributed by atoms with Gasteiger partial charge in [0.25, 0.3) is 5.91 Å². The Kier molecular flexibility index (Phi) is 5.79. The van der Waals surface area contributed by atoms with Crippen molar-refractivity contribution < 1.29 is 32.6 Å². The van der Waals surface area contributed by atoms with Gasteiger partial charge in [0.2, 0.25) is 5.91 Å². The minimum Gasteiger partial charge on any atom is -0.504 e. The average Bonchev–Trinajstić information content (AvgIpc) is 3.09. The molecule has 33 heavy (non-hydrogen) atoms. The first-order valence-corrected chi connectivity index (χ1v) is 10.7. The van der Waals surface area contributed by atoms with Crippen molar-refractivity contribution in [3.8, 4) is 11.5 Å². The molecular weight excluding hydrogens is 457 g/mol. The Morgan fingerprint density at radius 1 is 1.24 bits per heavy atom. The van der Waals surface area contributed by atoms with E-state index in [9.17, 15) is 27.9 Å². The maximum atomic E-state index is 13.0. The molecular formula is C23H19F3N2O4S. The normalized spacial score (nSPS) is 15.5. The van der Waals surface area contributed by atoms with Gasteiger partial charge in [-0.15, -0.1) is 11.3 Å². The standard InChI is InChI=1S/C23H19F3N2O4S/c1-11-19-15(12-6-7-17(32-2)16(29)8-12)10-18(30)28-22(19)33-20(11)21(31)27-14-5-3-4-13(9-14)23(24,25)26/h3-9,15,29H,10H2,1-2H3,(H,27,31)(H,28,30)/t15-/m0/s1. The van der Waals surface area contributed by atoms with Crippen LogP contribution in [0.5, 0.6) is 11.5 Å². The number of methoxy groups -OCH3 is 1. The fourth-order valence-electron chi connectivity index (χ4n) is 3.89. The number of rotatable bonds is 4. The van der Waals surface area contributed by atoms with E-state index in [0.717, 1.165) is 29.0 Å². The van der Waals surface area contributed by atoms with Crippen LogP contribution in [0.4, 0.5) is 23.9 Å². The van der Waals surface area contributed by atoms with Crippen LogP contribution >= 0.6 is 11.3 Å². The first-order chi connectivity index (χ1) is 15.6. The number of anilines is 2. The summed E-state index contributed by atoms with van der Waals surface area (Å²) in [5, 5.41) is 16.0. The number of halogens is 3. The van der Waals surface area contributed by atoms with Crippen LogP contribution in [0.15, 0.2) is 42.5 Å². The highest BCUT2D eigenvalue weighted by atomic mass is 32.1. The highest BCUT2D eigenvalue weighted by Crippen LogP contribution is 2.46. The average molecular weight is 476 g/mol. The molecule has 1 aliphatic heterocycles. The van der Waals surface area contributed by atoms with Crippen LogP contribution in [0, 0.1) is 6.92 Å². The van der Waals surface area contributed by atoms with Gasteiger partial charge < -0.3 is 20.5 Å². The molecule has 2 heterocycles. The van der Waals surface area contributed by atoms with Crippen molar-refractivity contribution in [2.45, 2.75) is 25.4 Å². The molecule has 2 aromatic carbocycles. The predicted octanol–water partition coefficient (Wildman–Crippen LogP) is 5.52. The van der Waals surface area contributed by atoms with Crippen LogP contribution in [0.25, 0.3) is 0 Å². The molecule has 6 nitrogen and oxygen atoms in total. The number of amides is 2. The van der Waals surface area contributed by atoms with Crippen LogP contribution < -0.4 is 15.4 Å². The van der Waals surface area contributed by atoms with Crippen molar-refractivity contribution in [1.82, 2.24) is 0 Å². The minimum absolute atomic E-state index is 0.0151. The van der Waals surface area contributed by atoms with Gasteiger partial charge in [0.05, 0.1) is 22.6 Å². The van der Waals surface area contributed by atoms with Crippen LogP contribution in [0.3, 0.4) is 0 Å². The molecule has 0 fully saturated rings. The van der Waals surface area contributed by atoms with E-state index in [2.05, 4.69) is 10.6 Å². The number of benzene rings is 2. The lowest BCUT2D eigenvalue weighted by atomic mass is 9.84. The molecule has 172 valence electrons. The summed E-state index contributed by atoms with van der Waals surface area (Å²) in [5.74, 6) is -0.997. The Balaban J connectivity index is 1.68. The molecule has 1 aromatic heterocycles. The highest BCUT2D eigenvalue weighted by molar-refractivity contribution is 7.18. The third kappa shape index (κ3) is 4.38. The van der Waals surface area contributed by atoms with Gasteiger partial charge >= 0.3 is 6.18 Å². The summed E-state index contributed by atoms with van der Waals surface area (Å²) in [6.07, 6.45) is -4.41. The van der Waals surface area contributed by atoms with Crippen molar-refractivity contribution in [1.29, 1.82) is 0 Å². The summed E-state index contributed by atoms with van der Waals surface area (Å²) in [4.78, 5) is 25.5. The van der Waals surface area contributed by atoms with Crippen molar-refractivity contribution in [3.63, 3.8) is 0 Å². The van der Waals surface area contributed by atoms with E-state index in [-0.39, 0.29) is 28.6 Å². The second-order valence-corrected chi connectivity index (χ2v) is 8.59. The molecule has 1 atom stereocenters. The Morgan fingerprint density at radius 2 is 2.00 bits per heavy atom. The maximum Gasteiger partial charge on any atom is 0.416 e. The number of nitrogens with one attached hydrogen (secondary N) is 2. The van der Waals surface area contributed by atoms with Gasteiger partial charge in [-0.05, 0) is 53.9 Å². The van der Waals surface area contributed by atoms with E-state index in [1.54, 1.807) is 19.1 Å². The number of aromatic hydroxyl groups is 1. The van der Waals surface area contributed by atoms with Crippen molar-refractivity contribution >= 4 is 33.8 Å². The number of alkyl halides is 3. The van der Waals surface area contributed by atoms with Gasteiger partial charge in [0.1, 0.15) is 0 Å². The zero-order chi connectivity index (χ0) is 23.9. The zero-order valence-corrected chi connectivity index (χ0v) is 18.4. The SMILES string of the molecule is COc1ccc([C@@H]2CC(=O)Nc3sc(C(=O)Nc4cccc(C(F)(F)F)c4)c(C)c32)cc1O. The Morgan fingerprint density at radius 3 is 2.67 bits per heavy atom. The molecule has 2 amide bonds. The van der Waals surface area contributed by atoms with Crippen LogP contribution in [-0.2, 0) is 11.0 Å². The molecule has 0 bridgehead atoms. The molecule has 1 aliphatic rings. The molecule has 0 spiro atoms. The Hall–Kier alpha value is -3.53. The molecule has 0 radical (unpaired) electrons. The quantitative estimate of drug-likeness (QED) is 0.463. The maximum absolute atomic E-state index is 13.0. The number of thiophene rings is 1. The lowest BCUT2D eigenvalue weighted by Gasteiger charge is -2.24. The monoisotopic (exact) mass is 476 g/mol. The summed E-state index contributed by atoms with van der Waals surface area (Å²) in [7, 11) is 1.43. The van der Waals surface area contributed by atoms with Crippen molar-refractivity contribution in [2.24, 2.45) is 0 Å². The fraction of sp³-hybridized carbons (Fsp3) is 0.217. The van der Waals surface area contributed by atoms with E-state index in [4.69, 9.17) is 4.74 Å². The topological polar surface area (TPSA) is 87.7 Å². The predicted molar refractivity (Wildman–Crippen MR) is 118 cm³/mol. The molecule has 0 saturated carbocycles. The molecule has 0 unspecified atom stereocenters. The number of carbonyl (C=O) groups excluding carboxylic acids is 2. The lowest BCUT2D eigenvalue weighted by Crippen LogP contribution is -2.22. The summed E-state index contributed by atoms with van der Waals surface area (Å²) in [6.45, 7) is 1.73. The number of fused-ring (bicyclic) bond motifs is 1. The summed E-state index contributed by atoms with van der Waals surface area (Å²) >= 11 is 1.06. The molecule has 0 saturated heterocycles. The Labute approximate surface area is 191 Å². The summed E-state index contributed by atoms with van der Waals surface area (Å²) in [5.41, 5.74) is 1.17. The van der Waals surface area contributed by atoms with Gasteiger partial charge in [-0.2, -0.15) is 13.2 Å². The van der Waals surface area contributed by atoms with Crippen LogP contribution in [0.2, 0.25) is 0 Å². The third-order valence-corrected chi connectivity index (χ3v) is 6.67. The summed E-state index contributed by atoms with van der Waals surface area (Å²) < 4.78 is 44.0. The number of phenols is 1. The number of hydrogen-bond donors (Lipinski definition) is 3. The van der Waals surface area contributed by atoms with E-state index in [1.807, 2.05) is 0 Å². The number of hydrogen-bond acceptors (Lipinski definition) is 5. The highest BCUT2D eigenvalue weighted by Gasteiger charge is 2.34. The first kappa shape index (κ1) is 22.7. The van der Waals surface area contributed by atoms with Gasteiger partial charge in [0.15, 0.2) is 11.5 Å². The number of ether oxygens (including phenoxy) is 1. The number of carbonyl (C=O) groups is 2. The summed E-state index contributed by atoms with van der Waals surface area (Å²) in [6, 6.07) is 9.24. The second kappa shape index (κ2) is 8.43. The lowest BCUT2D eigenvalue weighted by molar-refractivity contribution is -0.137. The molecule has 0 aliphatic carbocycles. The zero-order valence-electron chi connectivity index (χ0n) is 17.5. The van der Waals surface area contributed by atoms with Crippen LogP contribution in [-0.4, -0.2) is 24.0 Å². The Bertz CT molecular complexity index is 1250. The minimum atomic E-state index is -4.53. The molecule has 10 heteroatoms. The van der Waals surface area contributed by atoms with Crippen molar-refractivity contribution in [2.75, 3.05) is 17.7 Å². The fourth-order valence-corrected chi connectivity index (χ4v) is 5.07. The third-order valence-electron chi connectivity index (χ3n) is 5.44. The molecule has 3 aromatic rings. The van der Waals surface area contributed by atoms with Crippen LogP contribution in [0.1, 0.15) is 44.3 Å². The van der Waals surface area contributed by atoms with E-state index >= 15 is 0 Å². The van der Waals surface area contributed by atoms with E-state index in [0.29, 0.717) is 21.9 Å². The van der Waals surface area contributed by atoms with E-state index in [1.165, 1.54) is 25.3 Å². The van der Waals surface area contributed by atoms with Gasteiger partial charge in [-0.1, -0.05) is 12.1 Å². The molecule has 3 N–H and O–H groups in total. The largest absolute Gasteiger partial charge is 0.504 e. The molecule has 4 rings (SSSR count). The van der Waals surface area contributed by atoms with Gasteiger partial charge in [0, 0.05) is 18.0 Å². The van der Waals surface area contributed by atoms with Gasteiger partial charge in [-0.25, -0.2) is 0 Å². The van der Waals surface area contributed by atoms with Crippen molar-refractivity contribution in [3.05, 3.63) is 69.6 Å². The smallest absolute Gasteiger partial charge is 0.416 e. The second-order valence-electron chi connectivity index (χ2n) is 7.57. The van der Waals surface area contributed by atoms with E-state index < -0.39 is 23.6 Å². The van der Waals surface area contributed by atoms with Gasteiger partial charge in [-0.3, -0.25) is 9.59 Å².